The molecule has 0 saturated carbocycles. The molecule has 2 aromatic rings. The van der Waals surface area contributed by atoms with Crippen LogP contribution in [0, 0.1) is 0 Å². The maximum absolute atomic E-state index is 12.6. The van der Waals surface area contributed by atoms with Crippen molar-refractivity contribution in [3.05, 3.63) is 59.4 Å². The molecule has 0 saturated heterocycles. The molecular weight excluding hydrogens is 309 g/mol. The van der Waals surface area contributed by atoms with E-state index in [2.05, 4.69) is 10.3 Å². The zero-order valence-corrected chi connectivity index (χ0v) is 12.4. The number of carbonyl (C=O) groups is 1. The second kappa shape index (κ2) is 6.87. The van der Waals surface area contributed by atoms with E-state index >= 15 is 0 Å². The van der Waals surface area contributed by atoms with Crippen molar-refractivity contribution >= 4 is 5.91 Å². The van der Waals surface area contributed by atoms with Gasteiger partial charge in [0.25, 0.3) is 5.91 Å². The van der Waals surface area contributed by atoms with Crippen molar-refractivity contribution in [1.82, 2.24) is 10.3 Å². The number of hydrogen-bond donors (Lipinski definition) is 3. The third-order valence-corrected chi connectivity index (χ3v) is 3.56. The average molecular weight is 326 g/mol. The van der Waals surface area contributed by atoms with Gasteiger partial charge in [0, 0.05) is 6.20 Å². The van der Waals surface area contributed by atoms with E-state index in [4.69, 9.17) is 0 Å². The predicted molar refractivity (Wildman–Crippen MR) is 78.7 cm³/mol. The standard InChI is InChI=1S/C16H17F3N2O2/c1-2-12(21-15(23)13-4-3-9-20-13)14(22)10-5-7-11(8-6-10)16(17,18)19/h3-9,12,14,20,22H,2H2,1H3,(H,21,23)/t12-,14+/m0/s1. The minimum absolute atomic E-state index is 0.316. The Morgan fingerprint density at radius 2 is 1.91 bits per heavy atom. The molecule has 0 spiro atoms. The highest BCUT2D eigenvalue weighted by Gasteiger charge is 2.30. The number of rotatable bonds is 5. The zero-order valence-electron chi connectivity index (χ0n) is 12.4. The summed E-state index contributed by atoms with van der Waals surface area (Å²) in [6.45, 7) is 1.77. The normalized spacial score (nSPS) is 14.3. The molecule has 23 heavy (non-hydrogen) atoms. The number of aliphatic hydroxyl groups excluding tert-OH is 1. The van der Waals surface area contributed by atoms with E-state index in [-0.39, 0.29) is 5.91 Å². The highest BCUT2D eigenvalue weighted by Crippen LogP contribution is 2.30. The van der Waals surface area contributed by atoms with Gasteiger partial charge in [0.1, 0.15) is 5.69 Å². The van der Waals surface area contributed by atoms with E-state index in [0.717, 1.165) is 12.1 Å². The van der Waals surface area contributed by atoms with Crippen LogP contribution in [0.2, 0.25) is 0 Å². The van der Waals surface area contributed by atoms with Crippen LogP contribution in [-0.2, 0) is 6.18 Å². The lowest BCUT2D eigenvalue weighted by Gasteiger charge is -2.23. The molecule has 4 nitrogen and oxygen atoms in total. The molecule has 1 amide bonds. The molecule has 0 aliphatic carbocycles. The highest BCUT2D eigenvalue weighted by molar-refractivity contribution is 5.92. The molecule has 2 rings (SSSR count). The molecule has 2 atom stereocenters. The first-order chi connectivity index (χ1) is 10.8. The lowest BCUT2D eigenvalue weighted by molar-refractivity contribution is -0.137. The number of hydrogen-bond acceptors (Lipinski definition) is 2. The molecule has 0 unspecified atom stereocenters. The van der Waals surface area contributed by atoms with E-state index in [1.165, 1.54) is 12.1 Å². The number of aliphatic hydroxyl groups is 1. The highest BCUT2D eigenvalue weighted by atomic mass is 19.4. The van der Waals surface area contributed by atoms with Crippen molar-refractivity contribution in [1.29, 1.82) is 0 Å². The Bertz CT molecular complexity index is 636. The average Bonchev–Trinajstić information content (AvgIpc) is 3.05. The van der Waals surface area contributed by atoms with Gasteiger partial charge in [-0.3, -0.25) is 4.79 Å². The molecule has 0 aliphatic rings. The van der Waals surface area contributed by atoms with Gasteiger partial charge in [0.15, 0.2) is 0 Å². The molecule has 0 fully saturated rings. The Labute approximate surface area is 131 Å². The summed E-state index contributed by atoms with van der Waals surface area (Å²) in [6, 6.07) is 6.92. The fraction of sp³-hybridized carbons (Fsp3) is 0.312. The summed E-state index contributed by atoms with van der Waals surface area (Å²) < 4.78 is 37.7. The number of aromatic nitrogens is 1. The first-order valence-electron chi connectivity index (χ1n) is 7.12. The number of carbonyl (C=O) groups excluding carboxylic acids is 1. The molecule has 0 aliphatic heterocycles. The number of alkyl halides is 3. The second-order valence-corrected chi connectivity index (χ2v) is 5.14. The number of benzene rings is 1. The second-order valence-electron chi connectivity index (χ2n) is 5.14. The van der Waals surface area contributed by atoms with E-state index in [1.54, 1.807) is 25.3 Å². The monoisotopic (exact) mass is 326 g/mol. The Morgan fingerprint density at radius 1 is 1.26 bits per heavy atom. The van der Waals surface area contributed by atoms with E-state index < -0.39 is 23.9 Å². The largest absolute Gasteiger partial charge is 0.416 e. The van der Waals surface area contributed by atoms with Gasteiger partial charge in [0.2, 0.25) is 0 Å². The van der Waals surface area contributed by atoms with Crippen molar-refractivity contribution in [2.45, 2.75) is 31.7 Å². The maximum Gasteiger partial charge on any atom is 0.416 e. The molecule has 0 bridgehead atoms. The van der Waals surface area contributed by atoms with Gasteiger partial charge in [-0.05, 0) is 36.2 Å². The lowest BCUT2D eigenvalue weighted by atomic mass is 9.99. The van der Waals surface area contributed by atoms with E-state index in [9.17, 15) is 23.1 Å². The van der Waals surface area contributed by atoms with Crippen molar-refractivity contribution in [3.63, 3.8) is 0 Å². The summed E-state index contributed by atoms with van der Waals surface area (Å²) in [6.07, 6.45) is -3.49. The van der Waals surface area contributed by atoms with Crippen LogP contribution in [0.25, 0.3) is 0 Å². The van der Waals surface area contributed by atoms with Crippen molar-refractivity contribution in [2.75, 3.05) is 0 Å². The van der Waals surface area contributed by atoms with Gasteiger partial charge in [0.05, 0.1) is 17.7 Å². The first-order valence-corrected chi connectivity index (χ1v) is 7.12. The first kappa shape index (κ1) is 17.1. The fourth-order valence-electron chi connectivity index (χ4n) is 2.22. The fourth-order valence-corrected chi connectivity index (χ4v) is 2.22. The van der Waals surface area contributed by atoms with Crippen LogP contribution < -0.4 is 5.32 Å². The SMILES string of the molecule is CC[C@H](NC(=O)c1ccc[nH]1)[C@H](O)c1ccc(C(F)(F)F)cc1. The van der Waals surface area contributed by atoms with Crippen LogP contribution in [0.15, 0.2) is 42.6 Å². The smallest absolute Gasteiger partial charge is 0.386 e. The van der Waals surface area contributed by atoms with E-state index in [0.29, 0.717) is 17.7 Å². The van der Waals surface area contributed by atoms with Crippen LogP contribution in [0.4, 0.5) is 13.2 Å². The Hall–Kier alpha value is -2.28. The minimum Gasteiger partial charge on any atom is -0.386 e. The van der Waals surface area contributed by atoms with Gasteiger partial charge in [-0.15, -0.1) is 0 Å². The predicted octanol–water partition coefficient (Wildman–Crippen LogP) is 3.28. The maximum atomic E-state index is 12.6. The van der Waals surface area contributed by atoms with Gasteiger partial charge in [-0.1, -0.05) is 19.1 Å². The zero-order chi connectivity index (χ0) is 17.0. The molecule has 0 radical (unpaired) electrons. The van der Waals surface area contributed by atoms with Crippen LogP contribution in [-0.4, -0.2) is 22.0 Å². The number of amides is 1. The van der Waals surface area contributed by atoms with Crippen molar-refractivity contribution in [2.24, 2.45) is 0 Å². The Kier molecular flexibility index (Phi) is 5.10. The van der Waals surface area contributed by atoms with Crippen molar-refractivity contribution in [3.8, 4) is 0 Å². The quantitative estimate of drug-likeness (QED) is 0.789. The van der Waals surface area contributed by atoms with Crippen molar-refractivity contribution < 1.29 is 23.1 Å². The Balaban J connectivity index is 2.10. The van der Waals surface area contributed by atoms with Gasteiger partial charge in [-0.25, -0.2) is 0 Å². The third kappa shape index (κ3) is 4.13. The van der Waals surface area contributed by atoms with Crippen LogP contribution >= 0.6 is 0 Å². The third-order valence-electron chi connectivity index (χ3n) is 3.56. The van der Waals surface area contributed by atoms with E-state index in [1.807, 2.05) is 0 Å². The molecule has 1 heterocycles. The molecular formula is C16H17F3N2O2. The number of aromatic amines is 1. The topological polar surface area (TPSA) is 65.1 Å². The molecule has 3 N–H and O–H groups in total. The summed E-state index contributed by atoms with van der Waals surface area (Å²) in [7, 11) is 0. The molecule has 7 heteroatoms. The summed E-state index contributed by atoms with van der Waals surface area (Å²) >= 11 is 0. The van der Waals surface area contributed by atoms with Crippen LogP contribution in [0.3, 0.4) is 0 Å². The molecule has 1 aromatic heterocycles. The van der Waals surface area contributed by atoms with Gasteiger partial charge >= 0.3 is 6.18 Å². The lowest BCUT2D eigenvalue weighted by Crippen LogP contribution is -2.39. The summed E-state index contributed by atoms with van der Waals surface area (Å²) in [5, 5.41) is 13.0. The number of nitrogens with one attached hydrogen (secondary N) is 2. The summed E-state index contributed by atoms with van der Waals surface area (Å²) in [5.74, 6) is -0.382. The Morgan fingerprint density at radius 3 is 2.39 bits per heavy atom. The van der Waals surface area contributed by atoms with Gasteiger partial charge < -0.3 is 15.4 Å². The molecule has 1 aromatic carbocycles. The minimum atomic E-state index is -4.42. The van der Waals surface area contributed by atoms with Crippen LogP contribution in [0.1, 0.15) is 41.1 Å². The van der Waals surface area contributed by atoms with Crippen LogP contribution in [0.5, 0.6) is 0 Å². The van der Waals surface area contributed by atoms with Gasteiger partial charge in [-0.2, -0.15) is 13.2 Å². The summed E-state index contributed by atoms with van der Waals surface area (Å²) in [4.78, 5) is 14.7. The molecule has 124 valence electrons. The summed E-state index contributed by atoms with van der Waals surface area (Å²) in [5.41, 5.74) is -0.114. The number of halogens is 3. The number of H-pyrrole nitrogens is 1.